The molecule has 0 saturated heterocycles. The van der Waals surface area contributed by atoms with Crippen LogP contribution in [0.1, 0.15) is 11.1 Å². The first-order chi connectivity index (χ1) is 17.9. The number of anilines is 2. The molecule has 0 aliphatic carbocycles. The molecule has 200 valence electrons. The molecule has 15 heteroatoms. The van der Waals surface area contributed by atoms with Crippen LogP contribution in [0.25, 0.3) is 11.3 Å². The summed E-state index contributed by atoms with van der Waals surface area (Å²) in [6.45, 7) is -1.63. The predicted molar refractivity (Wildman–Crippen MR) is 134 cm³/mol. The van der Waals surface area contributed by atoms with Gasteiger partial charge in [-0.3, -0.25) is 4.72 Å². The summed E-state index contributed by atoms with van der Waals surface area (Å²) in [5.74, 6) is -1.55. The lowest BCUT2D eigenvalue weighted by atomic mass is 10.2. The minimum atomic E-state index is -4.27. The second-order valence-electron chi connectivity index (χ2n) is 7.72. The number of aryl methyl sites for hydroxylation is 1. The molecule has 0 bridgehead atoms. The number of benzene rings is 2. The number of para-hydroxylation sites is 1. The van der Waals surface area contributed by atoms with E-state index in [1.54, 1.807) is 0 Å². The Morgan fingerprint density at radius 3 is 2.63 bits per heavy atom. The third-order valence-corrected chi connectivity index (χ3v) is 7.64. The Morgan fingerprint density at radius 1 is 1.18 bits per heavy atom. The Balaban J connectivity index is 1.49. The minimum Gasteiger partial charge on any atom is -0.504 e. The number of phenolic OH excluding ortho intramolecular Hbond substituents is 1. The van der Waals surface area contributed by atoms with Crippen LogP contribution in [0.2, 0.25) is 5.02 Å². The number of aromatic nitrogens is 2. The van der Waals surface area contributed by atoms with Crippen LogP contribution in [0.4, 0.5) is 28.4 Å². The van der Waals surface area contributed by atoms with E-state index in [1.165, 1.54) is 49.5 Å². The van der Waals surface area contributed by atoms with Gasteiger partial charge in [-0.05, 0) is 42.8 Å². The number of nitrogens with one attached hydrogen (secondary N) is 2. The molecule has 0 fully saturated rings. The van der Waals surface area contributed by atoms with Crippen molar-refractivity contribution in [3.05, 3.63) is 75.8 Å². The lowest BCUT2D eigenvalue weighted by Gasteiger charge is -2.13. The van der Waals surface area contributed by atoms with Gasteiger partial charge in [-0.1, -0.05) is 35.1 Å². The molecule has 0 unspecified atom stereocenters. The van der Waals surface area contributed by atoms with Crippen molar-refractivity contribution >= 4 is 43.8 Å². The Kier molecular flexibility index (Phi) is 7.94. The van der Waals surface area contributed by atoms with Gasteiger partial charge in [0.2, 0.25) is 5.13 Å². The van der Waals surface area contributed by atoms with Crippen molar-refractivity contribution in [1.29, 1.82) is 0 Å². The van der Waals surface area contributed by atoms with Crippen molar-refractivity contribution in [2.24, 2.45) is 0 Å². The van der Waals surface area contributed by atoms with E-state index in [9.17, 15) is 31.1 Å². The van der Waals surface area contributed by atoms with Crippen LogP contribution in [-0.4, -0.2) is 30.1 Å². The molecule has 2 heterocycles. The van der Waals surface area contributed by atoms with Crippen LogP contribution >= 0.6 is 22.9 Å². The molecule has 0 radical (unpaired) electrons. The summed E-state index contributed by atoms with van der Waals surface area (Å²) in [7, 11) is -4.27. The summed E-state index contributed by atoms with van der Waals surface area (Å²) in [5, 5.41) is 11.4. The summed E-state index contributed by atoms with van der Waals surface area (Å²) < 4.78 is 85.1. The number of phenols is 1. The van der Waals surface area contributed by atoms with Gasteiger partial charge in [-0.25, -0.2) is 14.4 Å². The maximum atomic E-state index is 14.5. The molecule has 38 heavy (non-hydrogen) atoms. The fourth-order valence-electron chi connectivity index (χ4n) is 3.37. The van der Waals surface area contributed by atoms with Gasteiger partial charge in [0, 0.05) is 17.7 Å². The summed E-state index contributed by atoms with van der Waals surface area (Å²) in [6.07, 6.45) is 1.21. The highest BCUT2D eigenvalue weighted by molar-refractivity contribution is 7.92. The quantitative estimate of drug-likeness (QED) is 0.201. The number of thiazole rings is 1. The molecular formula is C23H17ClF4N4O4S2. The molecule has 0 atom stereocenters. The average molecular weight is 589 g/mol. The van der Waals surface area contributed by atoms with Crippen molar-refractivity contribution in [2.75, 3.05) is 10.0 Å². The highest BCUT2D eigenvalue weighted by Crippen LogP contribution is 2.34. The van der Waals surface area contributed by atoms with E-state index in [-0.39, 0.29) is 49.9 Å². The number of halogens is 5. The summed E-state index contributed by atoms with van der Waals surface area (Å²) in [4.78, 5) is 7.93. The smallest absolute Gasteiger partial charge is 0.387 e. The fourth-order valence-corrected chi connectivity index (χ4v) is 5.66. The number of hydrogen-bond donors (Lipinski definition) is 3. The van der Waals surface area contributed by atoms with Gasteiger partial charge in [-0.15, -0.1) is 0 Å². The number of rotatable bonds is 9. The molecule has 0 saturated carbocycles. The van der Waals surface area contributed by atoms with E-state index in [4.69, 9.17) is 11.6 Å². The van der Waals surface area contributed by atoms with E-state index in [1.807, 2.05) is 0 Å². The van der Waals surface area contributed by atoms with Crippen molar-refractivity contribution < 1.29 is 35.8 Å². The maximum absolute atomic E-state index is 14.5. The van der Waals surface area contributed by atoms with Crippen LogP contribution < -0.4 is 14.8 Å². The number of sulfonamides is 1. The van der Waals surface area contributed by atoms with E-state index in [0.717, 1.165) is 6.07 Å². The van der Waals surface area contributed by atoms with Crippen molar-refractivity contribution in [2.45, 2.75) is 25.1 Å². The Morgan fingerprint density at radius 2 is 1.95 bits per heavy atom. The molecule has 4 aromatic rings. The third-order valence-electron chi connectivity index (χ3n) is 5.07. The van der Waals surface area contributed by atoms with E-state index in [0.29, 0.717) is 17.0 Å². The van der Waals surface area contributed by atoms with E-state index < -0.39 is 33.3 Å². The van der Waals surface area contributed by atoms with Gasteiger partial charge in [0.1, 0.15) is 11.5 Å². The SMILES string of the molecule is Cc1cc(NCc2cccc(OC(F)F)c2O)cnc1S(=O)(=O)Nc1nc(-c2ccc(F)c(Cl)c2)c(F)s1. The van der Waals surface area contributed by atoms with Crippen LogP contribution in [0, 0.1) is 17.9 Å². The number of ether oxygens (including phenoxy) is 1. The second-order valence-corrected chi connectivity index (χ2v) is 10.7. The second kappa shape index (κ2) is 11.0. The van der Waals surface area contributed by atoms with Gasteiger partial charge in [0.15, 0.2) is 21.7 Å². The molecule has 0 spiro atoms. The molecule has 2 aromatic heterocycles. The predicted octanol–water partition coefficient (Wildman–Crippen LogP) is 6.17. The van der Waals surface area contributed by atoms with Gasteiger partial charge >= 0.3 is 6.61 Å². The number of aromatic hydroxyl groups is 1. The van der Waals surface area contributed by atoms with Crippen LogP contribution in [0.3, 0.4) is 0 Å². The zero-order valence-electron chi connectivity index (χ0n) is 19.2. The van der Waals surface area contributed by atoms with Gasteiger partial charge in [0.25, 0.3) is 10.0 Å². The van der Waals surface area contributed by atoms with Crippen molar-refractivity contribution in [3.63, 3.8) is 0 Å². The number of hydrogen-bond acceptors (Lipinski definition) is 8. The fraction of sp³-hybridized carbons (Fsp3) is 0.130. The molecule has 0 amide bonds. The highest BCUT2D eigenvalue weighted by Gasteiger charge is 2.23. The summed E-state index contributed by atoms with van der Waals surface area (Å²) >= 11 is 6.17. The zero-order chi connectivity index (χ0) is 27.6. The lowest BCUT2D eigenvalue weighted by Crippen LogP contribution is -2.16. The molecular weight excluding hydrogens is 572 g/mol. The number of pyridine rings is 1. The lowest BCUT2D eigenvalue weighted by molar-refractivity contribution is -0.0513. The van der Waals surface area contributed by atoms with Gasteiger partial charge in [-0.2, -0.15) is 21.6 Å². The zero-order valence-corrected chi connectivity index (χ0v) is 21.6. The first-order valence-corrected chi connectivity index (χ1v) is 13.2. The Hall–Kier alpha value is -3.62. The molecule has 4 rings (SSSR count). The van der Waals surface area contributed by atoms with Gasteiger partial charge in [0.05, 0.1) is 16.9 Å². The summed E-state index contributed by atoms with van der Waals surface area (Å²) in [6, 6.07) is 9.05. The van der Waals surface area contributed by atoms with Crippen molar-refractivity contribution in [3.8, 4) is 22.8 Å². The first kappa shape index (κ1) is 27.4. The molecule has 3 N–H and O–H groups in total. The molecule has 0 aliphatic rings. The molecule has 8 nitrogen and oxygen atoms in total. The monoisotopic (exact) mass is 588 g/mol. The number of nitrogens with zero attached hydrogens (tertiary/aromatic N) is 2. The van der Waals surface area contributed by atoms with Crippen LogP contribution in [0.15, 0.2) is 53.7 Å². The van der Waals surface area contributed by atoms with Crippen molar-refractivity contribution in [1.82, 2.24) is 9.97 Å². The molecule has 0 aliphatic heterocycles. The normalized spacial score (nSPS) is 11.6. The Bertz CT molecular complexity index is 1600. The third kappa shape index (κ3) is 6.09. The van der Waals surface area contributed by atoms with Gasteiger partial charge < -0.3 is 15.2 Å². The highest BCUT2D eigenvalue weighted by atomic mass is 35.5. The first-order valence-electron chi connectivity index (χ1n) is 10.6. The summed E-state index contributed by atoms with van der Waals surface area (Å²) in [5.41, 5.74) is 0.812. The standard InChI is InChI=1S/C23H17ClF4N4O4S2/c1-11-7-14(29-9-13-3-2-4-17(19(13)33)36-22(27)28)10-30-21(11)38(34,35)32-23-31-18(20(26)37-23)12-5-6-16(25)15(24)8-12/h2-8,10,22,29,33H,9H2,1H3,(H,31,32). The minimum absolute atomic E-state index is 0.00763. The van der Waals surface area contributed by atoms with E-state index in [2.05, 4.69) is 24.7 Å². The van der Waals surface area contributed by atoms with Crippen LogP contribution in [0.5, 0.6) is 11.5 Å². The number of alkyl halides is 2. The van der Waals surface area contributed by atoms with E-state index >= 15 is 0 Å². The topological polar surface area (TPSA) is 113 Å². The largest absolute Gasteiger partial charge is 0.504 e. The average Bonchev–Trinajstić information content (AvgIpc) is 3.20. The van der Waals surface area contributed by atoms with Crippen LogP contribution in [-0.2, 0) is 16.6 Å². The Labute approximate surface area is 223 Å². The molecule has 2 aromatic carbocycles. The maximum Gasteiger partial charge on any atom is 0.387 e.